The van der Waals surface area contributed by atoms with Crippen molar-refractivity contribution in [3.8, 4) is 0 Å². The van der Waals surface area contributed by atoms with Crippen molar-refractivity contribution < 1.29 is 14.3 Å². The number of ether oxygens (including phenoxy) is 1. The first kappa shape index (κ1) is 17.8. The summed E-state index contributed by atoms with van der Waals surface area (Å²) in [5, 5.41) is 3.60. The number of halogens is 1. The molecule has 0 aromatic heterocycles. The molecule has 4 aliphatic carbocycles. The lowest BCUT2D eigenvalue weighted by Crippen LogP contribution is -2.55. The standard InChI is InChI=1S/C21H26ClNO3/c1-13(19(24)26-12-14-2-4-18(22)5-3-14)23-20(25)21-9-15-6-16(10-21)8-17(7-15)11-21/h2-5,13,15-17H,6-12H2,1H3,(H,23,25)/t13-,15?,16?,17?,21?/m0/s1. The first-order valence-electron chi connectivity index (χ1n) is 9.65. The molecule has 26 heavy (non-hydrogen) atoms. The predicted molar refractivity (Wildman–Crippen MR) is 99.5 cm³/mol. The fourth-order valence-corrected chi connectivity index (χ4v) is 5.78. The zero-order valence-corrected chi connectivity index (χ0v) is 15.9. The fourth-order valence-electron chi connectivity index (χ4n) is 5.66. The van der Waals surface area contributed by atoms with Crippen molar-refractivity contribution in [2.24, 2.45) is 23.2 Å². The van der Waals surface area contributed by atoms with Crippen LogP contribution in [0.3, 0.4) is 0 Å². The largest absolute Gasteiger partial charge is 0.459 e. The van der Waals surface area contributed by atoms with Gasteiger partial charge in [0.15, 0.2) is 0 Å². The number of esters is 1. The van der Waals surface area contributed by atoms with Gasteiger partial charge in [-0.2, -0.15) is 0 Å². The maximum absolute atomic E-state index is 13.0. The summed E-state index contributed by atoms with van der Waals surface area (Å²) in [6.07, 6.45) is 6.88. The second-order valence-electron chi connectivity index (χ2n) is 8.63. The van der Waals surface area contributed by atoms with Crippen molar-refractivity contribution in [2.45, 2.75) is 58.1 Å². The summed E-state index contributed by atoms with van der Waals surface area (Å²) in [4.78, 5) is 25.3. The molecule has 0 radical (unpaired) electrons. The van der Waals surface area contributed by atoms with Gasteiger partial charge in [-0.15, -0.1) is 0 Å². The number of carbonyl (C=O) groups is 2. The molecule has 5 heteroatoms. The third-order valence-electron chi connectivity index (χ3n) is 6.52. The summed E-state index contributed by atoms with van der Waals surface area (Å²) >= 11 is 5.86. The zero-order valence-electron chi connectivity index (χ0n) is 15.2. The molecule has 0 saturated heterocycles. The lowest BCUT2D eigenvalue weighted by Gasteiger charge is -2.55. The molecule has 0 heterocycles. The van der Waals surface area contributed by atoms with E-state index in [1.807, 2.05) is 12.1 Å². The summed E-state index contributed by atoms with van der Waals surface area (Å²) in [6.45, 7) is 1.90. The van der Waals surface area contributed by atoms with E-state index in [0.717, 1.165) is 24.8 Å². The van der Waals surface area contributed by atoms with Crippen LogP contribution in [-0.2, 0) is 20.9 Å². The lowest BCUT2D eigenvalue weighted by molar-refractivity contribution is -0.154. The van der Waals surface area contributed by atoms with Crippen LogP contribution in [0.4, 0.5) is 0 Å². The van der Waals surface area contributed by atoms with Crippen LogP contribution >= 0.6 is 11.6 Å². The maximum atomic E-state index is 13.0. The fraction of sp³-hybridized carbons (Fsp3) is 0.619. The minimum absolute atomic E-state index is 0.0625. The second-order valence-corrected chi connectivity index (χ2v) is 9.06. The first-order valence-corrected chi connectivity index (χ1v) is 10.0. The highest BCUT2D eigenvalue weighted by Crippen LogP contribution is 2.60. The van der Waals surface area contributed by atoms with E-state index in [9.17, 15) is 9.59 Å². The molecule has 4 fully saturated rings. The molecule has 1 amide bonds. The van der Waals surface area contributed by atoms with Crippen molar-refractivity contribution >= 4 is 23.5 Å². The summed E-state index contributed by atoms with van der Waals surface area (Å²) in [6, 6.07) is 6.57. The zero-order chi connectivity index (χ0) is 18.3. The normalized spacial score (nSPS) is 32.9. The van der Waals surface area contributed by atoms with E-state index in [-0.39, 0.29) is 17.9 Å². The molecular formula is C21H26ClNO3. The molecular weight excluding hydrogens is 350 g/mol. The maximum Gasteiger partial charge on any atom is 0.328 e. The molecule has 0 spiro atoms. The quantitative estimate of drug-likeness (QED) is 0.788. The van der Waals surface area contributed by atoms with Gasteiger partial charge >= 0.3 is 5.97 Å². The molecule has 4 bridgehead atoms. The number of amides is 1. The average molecular weight is 376 g/mol. The Morgan fingerprint density at radius 2 is 1.65 bits per heavy atom. The van der Waals surface area contributed by atoms with Gasteiger partial charge in [0.1, 0.15) is 12.6 Å². The van der Waals surface area contributed by atoms with Gasteiger partial charge in [-0.3, -0.25) is 4.79 Å². The molecule has 5 rings (SSSR count). The second kappa shape index (κ2) is 6.88. The van der Waals surface area contributed by atoms with Gasteiger partial charge < -0.3 is 10.1 Å². The number of rotatable bonds is 5. The highest BCUT2D eigenvalue weighted by atomic mass is 35.5. The van der Waals surface area contributed by atoms with E-state index in [2.05, 4.69) is 5.32 Å². The van der Waals surface area contributed by atoms with Crippen LogP contribution in [0.25, 0.3) is 0 Å². The van der Waals surface area contributed by atoms with Crippen LogP contribution < -0.4 is 5.32 Å². The molecule has 140 valence electrons. The van der Waals surface area contributed by atoms with Gasteiger partial charge in [-0.05, 0) is 80.9 Å². The molecule has 4 aliphatic rings. The van der Waals surface area contributed by atoms with E-state index in [1.54, 1.807) is 19.1 Å². The summed E-state index contributed by atoms with van der Waals surface area (Å²) < 4.78 is 5.35. The number of carbonyl (C=O) groups excluding carboxylic acids is 2. The summed E-state index contributed by atoms with van der Waals surface area (Å²) in [7, 11) is 0. The molecule has 0 unspecified atom stereocenters. The van der Waals surface area contributed by atoms with Gasteiger partial charge in [-0.1, -0.05) is 23.7 Å². The van der Waals surface area contributed by atoms with Crippen LogP contribution in [0.15, 0.2) is 24.3 Å². The Morgan fingerprint density at radius 3 is 2.19 bits per heavy atom. The molecule has 4 nitrogen and oxygen atoms in total. The van der Waals surface area contributed by atoms with Gasteiger partial charge in [0.25, 0.3) is 0 Å². The number of hydrogen-bond acceptors (Lipinski definition) is 3. The van der Waals surface area contributed by atoms with Crippen molar-refractivity contribution in [2.75, 3.05) is 0 Å². The molecule has 1 atom stereocenters. The molecule has 1 aromatic carbocycles. The summed E-state index contributed by atoms with van der Waals surface area (Å²) in [5.74, 6) is 1.79. The Bertz CT molecular complexity index is 664. The van der Waals surface area contributed by atoms with E-state index in [4.69, 9.17) is 16.3 Å². The Morgan fingerprint density at radius 1 is 1.12 bits per heavy atom. The smallest absolute Gasteiger partial charge is 0.328 e. The van der Waals surface area contributed by atoms with E-state index in [0.29, 0.717) is 22.8 Å². The molecule has 1 N–H and O–H groups in total. The first-order chi connectivity index (χ1) is 12.4. The average Bonchev–Trinajstić information content (AvgIpc) is 2.59. The van der Waals surface area contributed by atoms with Crippen LogP contribution in [-0.4, -0.2) is 17.9 Å². The SMILES string of the molecule is C[C@H](NC(=O)C12CC3CC(CC(C3)C1)C2)C(=O)OCc1ccc(Cl)cc1. The third-order valence-corrected chi connectivity index (χ3v) is 6.77. The van der Waals surface area contributed by atoms with Gasteiger partial charge in [-0.25, -0.2) is 4.79 Å². The minimum atomic E-state index is -0.622. The van der Waals surface area contributed by atoms with Gasteiger partial charge in [0.2, 0.25) is 5.91 Å². The Labute approximate surface area is 159 Å². The van der Waals surface area contributed by atoms with Crippen molar-refractivity contribution in [3.05, 3.63) is 34.9 Å². The van der Waals surface area contributed by atoms with Gasteiger partial charge in [0.05, 0.1) is 0 Å². The number of benzene rings is 1. The highest BCUT2D eigenvalue weighted by molar-refractivity contribution is 6.30. The molecule has 0 aliphatic heterocycles. The number of nitrogens with one attached hydrogen (secondary N) is 1. The van der Waals surface area contributed by atoms with Crippen LogP contribution in [0.5, 0.6) is 0 Å². The Kier molecular flexibility index (Phi) is 4.72. The van der Waals surface area contributed by atoms with Crippen LogP contribution in [0.2, 0.25) is 5.02 Å². The Balaban J connectivity index is 1.32. The van der Waals surface area contributed by atoms with Crippen molar-refractivity contribution in [1.82, 2.24) is 5.32 Å². The number of hydrogen-bond donors (Lipinski definition) is 1. The third kappa shape index (κ3) is 3.48. The van der Waals surface area contributed by atoms with E-state index >= 15 is 0 Å². The van der Waals surface area contributed by atoms with Crippen molar-refractivity contribution in [3.63, 3.8) is 0 Å². The molecule has 1 aromatic rings. The van der Waals surface area contributed by atoms with Crippen LogP contribution in [0, 0.1) is 23.2 Å². The Hall–Kier alpha value is -1.55. The highest BCUT2D eigenvalue weighted by Gasteiger charge is 2.54. The molecule has 4 saturated carbocycles. The van der Waals surface area contributed by atoms with Gasteiger partial charge in [0, 0.05) is 10.4 Å². The topological polar surface area (TPSA) is 55.4 Å². The van der Waals surface area contributed by atoms with Crippen LogP contribution in [0.1, 0.15) is 51.0 Å². The van der Waals surface area contributed by atoms with E-state index in [1.165, 1.54) is 19.3 Å². The summed E-state index contributed by atoms with van der Waals surface area (Å²) in [5.41, 5.74) is 0.641. The monoisotopic (exact) mass is 375 g/mol. The predicted octanol–water partition coefficient (Wildman–Crippen LogP) is 4.10. The van der Waals surface area contributed by atoms with E-state index < -0.39 is 12.0 Å². The lowest BCUT2D eigenvalue weighted by atomic mass is 9.49. The van der Waals surface area contributed by atoms with Crippen molar-refractivity contribution in [1.29, 1.82) is 0 Å². The minimum Gasteiger partial charge on any atom is -0.459 e.